The lowest BCUT2D eigenvalue weighted by atomic mass is 10.1. The van der Waals surface area contributed by atoms with Crippen LogP contribution in [0.15, 0.2) is 65.6 Å². The van der Waals surface area contributed by atoms with Crippen molar-refractivity contribution in [3.8, 4) is 0 Å². The van der Waals surface area contributed by atoms with Crippen molar-refractivity contribution in [2.45, 2.75) is 75.9 Å². The SMILES string of the molecule is Cc1ccc(CN(C(=O)CCCN2c3cccc4cccc(c34)S2(=O)=O)C(C)C(=O)NC2CCCC2)cc1. The number of rotatable bonds is 9. The average molecular weight is 534 g/mol. The molecule has 7 nitrogen and oxygen atoms in total. The number of benzene rings is 3. The Bertz CT molecular complexity index is 1440. The molecule has 3 aromatic rings. The molecule has 0 aromatic heterocycles. The first kappa shape index (κ1) is 26.2. The molecule has 38 heavy (non-hydrogen) atoms. The fraction of sp³-hybridized carbons (Fsp3) is 0.400. The molecule has 1 N–H and O–H groups in total. The number of anilines is 1. The van der Waals surface area contributed by atoms with Gasteiger partial charge in [-0.2, -0.15) is 0 Å². The first-order valence-electron chi connectivity index (χ1n) is 13.5. The molecule has 8 heteroatoms. The molecule has 1 saturated carbocycles. The lowest BCUT2D eigenvalue weighted by molar-refractivity contribution is -0.141. The number of sulfonamides is 1. The summed E-state index contributed by atoms with van der Waals surface area (Å²) in [4.78, 5) is 28.6. The summed E-state index contributed by atoms with van der Waals surface area (Å²) < 4.78 is 28.0. The Balaban J connectivity index is 1.29. The van der Waals surface area contributed by atoms with Crippen LogP contribution in [0.2, 0.25) is 0 Å². The van der Waals surface area contributed by atoms with Crippen LogP contribution in [0, 0.1) is 6.92 Å². The second-order valence-electron chi connectivity index (χ2n) is 10.5. The third-order valence-electron chi connectivity index (χ3n) is 7.78. The van der Waals surface area contributed by atoms with Crippen LogP contribution < -0.4 is 9.62 Å². The van der Waals surface area contributed by atoms with E-state index in [0.29, 0.717) is 23.5 Å². The van der Waals surface area contributed by atoms with Gasteiger partial charge in [0.15, 0.2) is 0 Å². The van der Waals surface area contributed by atoms with E-state index >= 15 is 0 Å². The maximum atomic E-state index is 13.5. The molecular formula is C30H35N3O4S. The summed E-state index contributed by atoms with van der Waals surface area (Å²) in [5.41, 5.74) is 2.74. The van der Waals surface area contributed by atoms with Gasteiger partial charge in [-0.05, 0) is 56.2 Å². The van der Waals surface area contributed by atoms with Gasteiger partial charge < -0.3 is 10.2 Å². The summed E-state index contributed by atoms with van der Waals surface area (Å²) in [6.07, 6.45) is 4.67. The van der Waals surface area contributed by atoms with Crippen LogP contribution in [-0.4, -0.2) is 43.8 Å². The van der Waals surface area contributed by atoms with E-state index in [2.05, 4.69) is 5.32 Å². The zero-order chi connectivity index (χ0) is 26.9. The van der Waals surface area contributed by atoms with Crippen molar-refractivity contribution in [2.24, 2.45) is 0 Å². The quantitative estimate of drug-likeness (QED) is 0.423. The summed E-state index contributed by atoms with van der Waals surface area (Å²) in [6, 6.07) is 18.4. The molecule has 200 valence electrons. The number of amides is 2. The van der Waals surface area contributed by atoms with E-state index in [1.54, 1.807) is 24.0 Å². The third kappa shape index (κ3) is 5.14. The molecular weight excluding hydrogens is 498 g/mol. The molecule has 1 aliphatic carbocycles. The second-order valence-corrected chi connectivity index (χ2v) is 12.3. The van der Waals surface area contributed by atoms with Crippen LogP contribution in [0.3, 0.4) is 0 Å². The Hall–Kier alpha value is -3.39. The third-order valence-corrected chi connectivity index (χ3v) is 9.63. The molecule has 1 atom stereocenters. The summed E-state index contributed by atoms with van der Waals surface area (Å²) in [6.45, 7) is 4.31. The highest BCUT2D eigenvalue weighted by Gasteiger charge is 2.35. The Morgan fingerprint density at radius 2 is 1.71 bits per heavy atom. The van der Waals surface area contributed by atoms with Gasteiger partial charge in [0.1, 0.15) is 6.04 Å². The molecule has 5 rings (SSSR count). The predicted octanol–water partition coefficient (Wildman–Crippen LogP) is 4.91. The zero-order valence-corrected chi connectivity index (χ0v) is 22.8. The van der Waals surface area contributed by atoms with Crippen molar-refractivity contribution in [3.05, 3.63) is 71.8 Å². The maximum absolute atomic E-state index is 13.5. The van der Waals surface area contributed by atoms with Gasteiger partial charge in [-0.1, -0.05) is 66.9 Å². The number of nitrogens with zero attached hydrogens (tertiary/aromatic N) is 2. The smallest absolute Gasteiger partial charge is 0.265 e. The van der Waals surface area contributed by atoms with E-state index in [9.17, 15) is 18.0 Å². The van der Waals surface area contributed by atoms with E-state index in [4.69, 9.17) is 0 Å². The highest BCUT2D eigenvalue weighted by Crippen LogP contribution is 2.42. The average Bonchev–Trinajstić information content (AvgIpc) is 3.49. The fourth-order valence-corrected chi connectivity index (χ4v) is 7.33. The Labute approximate surface area is 224 Å². The minimum Gasteiger partial charge on any atom is -0.352 e. The van der Waals surface area contributed by atoms with E-state index in [0.717, 1.165) is 47.6 Å². The molecule has 1 fully saturated rings. The van der Waals surface area contributed by atoms with Gasteiger partial charge in [-0.15, -0.1) is 0 Å². The van der Waals surface area contributed by atoms with Crippen molar-refractivity contribution < 1.29 is 18.0 Å². The maximum Gasteiger partial charge on any atom is 0.265 e. The van der Waals surface area contributed by atoms with Crippen LogP contribution in [-0.2, 0) is 26.2 Å². The summed E-state index contributed by atoms with van der Waals surface area (Å²) >= 11 is 0. The van der Waals surface area contributed by atoms with Gasteiger partial charge in [0, 0.05) is 30.9 Å². The van der Waals surface area contributed by atoms with Gasteiger partial charge in [0.05, 0.1) is 10.6 Å². The Kier molecular flexibility index (Phi) is 7.43. The number of hydrogen-bond acceptors (Lipinski definition) is 4. The monoisotopic (exact) mass is 533 g/mol. The van der Waals surface area contributed by atoms with Gasteiger partial charge in [0.2, 0.25) is 11.8 Å². The van der Waals surface area contributed by atoms with Crippen molar-refractivity contribution in [3.63, 3.8) is 0 Å². The van der Waals surface area contributed by atoms with Gasteiger partial charge in [-0.3, -0.25) is 13.9 Å². The van der Waals surface area contributed by atoms with Gasteiger partial charge >= 0.3 is 0 Å². The van der Waals surface area contributed by atoms with E-state index in [-0.39, 0.29) is 30.8 Å². The molecule has 0 bridgehead atoms. The number of hydrogen-bond donors (Lipinski definition) is 1. The van der Waals surface area contributed by atoms with Crippen LogP contribution >= 0.6 is 0 Å². The summed E-state index contributed by atoms with van der Waals surface area (Å²) in [5.74, 6) is -0.298. The molecule has 0 saturated heterocycles. The van der Waals surface area contributed by atoms with Crippen LogP contribution in [0.4, 0.5) is 5.69 Å². The summed E-state index contributed by atoms with van der Waals surface area (Å²) in [7, 11) is -3.67. The minimum absolute atomic E-state index is 0.137. The van der Waals surface area contributed by atoms with Crippen LogP contribution in [0.25, 0.3) is 10.8 Å². The number of carbonyl (C=O) groups excluding carboxylic acids is 2. The number of aryl methyl sites for hydroxylation is 1. The second kappa shape index (κ2) is 10.8. The number of nitrogens with one attached hydrogen (secondary N) is 1. The molecule has 0 radical (unpaired) electrons. The van der Waals surface area contributed by atoms with E-state index in [1.807, 2.05) is 55.5 Å². The highest BCUT2D eigenvalue weighted by molar-refractivity contribution is 7.93. The lowest BCUT2D eigenvalue weighted by Crippen LogP contribution is -2.49. The molecule has 1 heterocycles. The van der Waals surface area contributed by atoms with Crippen molar-refractivity contribution in [2.75, 3.05) is 10.8 Å². The van der Waals surface area contributed by atoms with E-state index in [1.165, 1.54) is 4.31 Å². The van der Waals surface area contributed by atoms with Gasteiger partial charge in [-0.25, -0.2) is 8.42 Å². The van der Waals surface area contributed by atoms with E-state index < -0.39 is 16.1 Å². The fourth-order valence-electron chi connectivity index (χ4n) is 5.58. The standard InChI is InChI=1S/C30H35N3O4S/c1-21-15-17-23(18-16-21)20-32(22(2)30(35)31-25-10-3-4-11-25)28(34)14-7-19-33-26-12-5-8-24-9-6-13-27(29(24)26)38(33,36)37/h5-6,8-9,12-13,15-18,22,25H,3-4,7,10-11,14,19-20H2,1-2H3,(H,31,35). The molecule has 1 aliphatic heterocycles. The van der Waals surface area contributed by atoms with Crippen molar-refractivity contribution >= 4 is 38.3 Å². The topological polar surface area (TPSA) is 86.8 Å². The first-order valence-corrected chi connectivity index (χ1v) is 14.9. The molecule has 1 unspecified atom stereocenters. The van der Waals surface area contributed by atoms with Crippen molar-refractivity contribution in [1.82, 2.24) is 10.2 Å². The Morgan fingerprint density at radius 1 is 1.03 bits per heavy atom. The highest BCUT2D eigenvalue weighted by atomic mass is 32.2. The summed E-state index contributed by atoms with van der Waals surface area (Å²) in [5, 5.41) is 4.74. The number of carbonyl (C=O) groups is 2. The largest absolute Gasteiger partial charge is 0.352 e. The molecule has 2 amide bonds. The van der Waals surface area contributed by atoms with Crippen molar-refractivity contribution in [1.29, 1.82) is 0 Å². The molecule has 3 aromatic carbocycles. The normalized spacial score (nSPS) is 17.1. The minimum atomic E-state index is -3.67. The van der Waals surface area contributed by atoms with Crippen LogP contribution in [0.1, 0.15) is 56.6 Å². The predicted molar refractivity (Wildman–Crippen MR) is 149 cm³/mol. The first-order chi connectivity index (χ1) is 18.3. The zero-order valence-electron chi connectivity index (χ0n) is 22.0. The lowest BCUT2D eigenvalue weighted by Gasteiger charge is -2.30. The Morgan fingerprint density at radius 3 is 2.42 bits per heavy atom. The molecule has 2 aliphatic rings. The van der Waals surface area contributed by atoms with Gasteiger partial charge in [0.25, 0.3) is 10.0 Å². The van der Waals surface area contributed by atoms with Crippen LogP contribution in [0.5, 0.6) is 0 Å². The molecule has 0 spiro atoms.